The molecule has 0 radical (unpaired) electrons. The molecule has 19 heavy (non-hydrogen) atoms. The monoisotopic (exact) mass is 258 g/mol. The minimum atomic E-state index is -0.978. The van der Waals surface area contributed by atoms with Crippen LogP contribution in [-0.4, -0.2) is 20.9 Å². The highest BCUT2D eigenvalue weighted by Gasteiger charge is 2.12. The topological polar surface area (TPSA) is 55.1 Å². The molecule has 0 atom stereocenters. The summed E-state index contributed by atoms with van der Waals surface area (Å²) in [5, 5.41) is 13.2. The van der Waals surface area contributed by atoms with Gasteiger partial charge in [0, 0.05) is 5.69 Å². The highest BCUT2D eigenvalue weighted by atomic mass is 16.4. The van der Waals surface area contributed by atoms with Gasteiger partial charge in [-0.3, -0.25) is 4.68 Å². The van der Waals surface area contributed by atoms with Crippen molar-refractivity contribution in [1.29, 1.82) is 0 Å². The number of carboxylic acid groups (broad SMARTS) is 1. The van der Waals surface area contributed by atoms with Crippen molar-refractivity contribution < 1.29 is 9.90 Å². The van der Waals surface area contributed by atoms with Crippen molar-refractivity contribution in [2.45, 2.75) is 33.7 Å². The van der Waals surface area contributed by atoms with E-state index in [1.165, 1.54) is 16.7 Å². The van der Waals surface area contributed by atoms with Crippen LogP contribution in [0.3, 0.4) is 0 Å². The fourth-order valence-corrected chi connectivity index (χ4v) is 2.17. The molecular weight excluding hydrogens is 240 g/mol. The van der Waals surface area contributed by atoms with Gasteiger partial charge in [-0.05, 0) is 37.5 Å². The fraction of sp³-hybridized carbons (Fsp3) is 0.333. The second kappa shape index (κ2) is 5.26. The summed E-state index contributed by atoms with van der Waals surface area (Å²) in [4.78, 5) is 11.0. The molecule has 0 saturated carbocycles. The minimum Gasteiger partial charge on any atom is -0.476 e. The SMILES string of the molecule is CCc1cc(C(=O)O)nn1Cc1ccc(C)cc1C. The molecular formula is C15H18N2O2. The van der Waals surface area contributed by atoms with Crippen LogP contribution in [0, 0.1) is 13.8 Å². The van der Waals surface area contributed by atoms with E-state index in [0.717, 1.165) is 12.1 Å². The number of aromatic nitrogens is 2. The summed E-state index contributed by atoms with van der Waals surface area (Å²) < 4.78 is 1.78. The standard InChI is InChI=1S/C15H18N2O2/c1-4-13-8-14(15(18)19)16-17(13)9-12-6-5-10(2)7-11(12)3/h5-8H,4,9H2,1-3H3,(H,18,19). The van der Waals surface area contributed by atoms with E-state index in [4.69, 9.17) is 5.11 Å². The number of hydrogen-bond acceptors (Lipinski definition) is 2. The fourth-order valence-electron chi connectivity index (χ4n) is 2.17. The van der Waals surface area contributed by atoms with Gasteiger partial charge in [0.1, 0.15) is 0 Å². The smallest absolute Gasteiger partial charge is 0.356 e. The highest BCUT2D eigenvalue weighted by molar-refractivity contribution is 5.85. The lowest BCUT2D eigenvalue weighted by Gasteiger charge is -2.09. The second-order valence-corrected chi connectivity index (χ2v) is 4.77. The molecule has 1 aromatic heterocycles. The van der Waals surface area contributed by atoms with Crippen molar-refractivity contribution in [3.63, 3.8) is 0 Å². The molecule has 0 spiro atoms. The third-order valence-corrected chi connectivity index (χ3v) is 3.26. The Balaban J connectivity index is 2.34. The lowest BCUT2D eigenvalue weighted by atomic mass is 10.1. The van der Waals surface area contributed by atoms with Crippen LogP contribution in [0.1, 0.15) is 39.8 Å². The highest BCUT2D eigenvalue weighted by Crippen LogP contribution is 2.14. The van der Waals surface area contributed by atoms with E-state index in [-0.39, 0.29) is 5.69 Å². The number of benzene rings is 1. The maximum atomic E-state index is 11.0. The van der Waals surface area contributed by atoms with Crippen LogP contribution in [0.15, 0.2) is 24.3 Å². The van der Waals surface area contributed by atoms with E-state index in [1.807, 2.05) is 6.92 Å². The Morgan fingerprint density at radius 3 is 2.63 bits per heavy atom. The predicted octanol–water partition coefficient (Wildman–Crippen LogP) is 2.81. The van der Waals surface area contributed by atoms with E-state index in [9.17, 15) is 4.79 Å². The quantitative estimate of drug-likeness (QED) is 0.917. The Bertz CT molecular complexity index is 615. The maximum Gasteiger partial charge on any atom is 0.356 e. The lowest BCUT2D eigenvalue weighted by Crippen LogP contribution is -2.08. The molecule has 1 aromatic carbocycles. The maximum absolute atomic E-state index is 11.0. The van der Waals surface area contributed by atoms with Gasteiger partial charge >= 0.3 is 5.97 Å². The molecule has 4 heteroatoms. The lowest BCUT2D eigenvalue weighted by molar-refractivity contribution is 0.0689. The average Bonchev–Trinajstić information content (AvgIpc) is 2.76. The number of carbonyl (C=O) groups is 1. The van der Waals surface area contributed by atoms with E-state index in [2.05, 4.69) is 37.1 Å². The van der Waals surface area contributed by atoms with Crippen molar-refractivity contribution in [3.05, 3.63) is 52.3 Å². The van der Waals surface area contributed by atoms with Gasteiger partial charge in [0.2, 0.25) is 0 Å². The van der Waals surface area contributed by atoms with Crippen molar-refractivity contribution in [3.8, 4) is 0 Å². The van der Waals surface area contributed by atoms with Crippen molar-refractivity contribution in [1.82, 2.24) is 9.78 Å². The van der Waals surface area contributed by atoms with Gasteiger partial charge in [-0.1, -0.05) is 30.7 Å². The summed E-state index contributed by atoms with van der Waals surface area (Å²) in [7, 11) is 0. The van der Waals surface area contributed by atoms with Crippen LogP contribution in [0.5, 0.6) is 0 Å². The molecule has 0 fully saturated rings. The van der Waals surface area contributed by atoms with Crippen LogP contribution < -0.4 is 0 Å². The molecule has 0 bridgehead atoms. The summed E-state index contributed by atoms with van der Waals surface area (Å²) in [5.74, 6) is -0.978. The summed E-state index contributed by atoms with van der Waals surface area (Å²) in [6.07, 6.45) is 0.769. The van der Waals surface area contributed by atoms with Crippen molar-refractivity contribution in [2.24, 2.45) is 0 Å². The van der Waals surface area contributed by atoms with Gasteiger partial charge in [-0.15, -0.1) is 0 Å². The van der Waals surface area contributed by atoms with E-state index < -0.39 is 5.97 Å². The molecule has 2 rings (SSSR count). The number of rotatable bonds is 4. The van der Waals surface area contributed by atoms with Crippen LogP contribution in [0.4, 0.5) is 0 Å². The number of nitrogens with zero attached hydrogens (tertiary/aromatic N) is 2. The molecule has 2 aromatic rings. The summed E-state index contributed by atoms with van der Waals surface area (Å²) >= 11 is 0. The predicted molar refractivity (Wildman–Crippen MR) is 73.6 cm³/mol. The van der Waals surface area contributed by atoms with Gasteiger partial charge in [0.25, 0.3) is 0 Å². The molecule has 0 aliphatic rings. The van der Waals surface area contributed by atoms with Crippen LogP contribution in [-0.2, 0) is 13.0 Å². The molecule has 0 aliphatic heterocycles. The van der Waals surface area contributed by atoms with Gasteiger partial charge in [0.15, 0.2) is 5.69 Å². The summed E-state index contributed by atoms with van der Waals surface area (Å²) in [6, 6.07) is 7.91. The zero-order valence-electron chi connectivity index (χ0n) is 11.5. The zero-order valence-corrected chi connectivity index (χ0v) is 11.5. The molecule has 4 nitrogen and oxygen atoms in total. The molecule has 0 aliphatic carbocycles. The van der Waals surface area contributed by atoms with E-state index in [1.54, 1.807) is 10.7 Å². The summed E-state index contributed by atoms with van der Waals surface area (Å²) in [6.45, 7) is 6.74. The third kappa shape index (κ3) is 2.84. The van der Waals surface area contributed by atoms with E-state index in [0.29, 0.717) is 6.54 Å². The third-order valence-electron chi connectivity index (χ3n) is 3.26. The molecule has 100 valence electrons. The second-order valence-electron chi connectivity index (χ2n) is 4.77. The zero-order chi connectivity index (χ0) is 14.0. The Morgan fingerprint density at radius 1 is 1.32 bits per heavy atom. The first-order valence-corrected chi connectivity index (χ1v) is 6.37. The minimum absolute atomic E-state index is 0.113. The Morgan fingerprint density at radius 2 is 2.05 bits per heavy atom. The number of aromatic carboxylic acids is 1. The van der Waals surface area contributed by atoms with Crippen LogP contribution >= 0.6 is 0 Å². The number of aryl methyl sites for hydroxylation is 3. The first kappa shape index (κ1) is 13.3. The Kier molecular flexibility index (Phi) is 3.69. The van der Waals surface area contributed by atoms with Gasteiger partial charge in [-0.25, -0.2) is 4.79 Å². The Hall–Kier alpha value is -2.10. The first-order chi connectivity index (χ1) is 9.01. The Labute approximate surface area is 112 Å². The van der Waals surface area contributed by atoms with Crippen LogP contribution in [0.25, 0.3) is 0 Å². The van der Waals surface area contributed by atoms with Crippen LogP contribution in [0.2, 0.25) is 0 Å². The number of hydrogen-bond donors (Lipinski definition) is 1. The summed E-state index contributed by atoms with van der Waals surface area (Å²) in [5.41, 5.74) is 4.65. The largest absolute Gasteiger partial charge is 0.476 e. The normalized spacial score (nSPS) is 10.7. The first-order valence-electron chi connectivity index (χ1n) is 6.37. The molecule has 0 saturated heterocycles. The molecule has 0 unspecified atom stereocenters. The van der Waals surface area contributed by atoms with Gasteiger partial charge in [-0.2, -0.15) is 5.10 Å². The molecule has 1 heterocycles. The van der Waals surface area contributed by atoms with Gasteiger partial charge < -0.3 is 5.11 Å². The van der Waals surface area contributed by atoms with Crippen molar-refractivity contribution in [2.75, 3.05) is 0 Å². The van der Waals surface area contributed by atoms with E-state index >= 15 is 0 Å². The van der Waals surface area contributed by atoms with Gasteiger partial charge in [0.05, 0.1) is 6.54 Å². The molecule has 0 amide bonds. The average molecular weight is 258 g/mol. The number of carboxylic acids is 1. The molecule has 1 N–H and O–H groups in total. The van der Waals surface area contributed by atoms with Crippen molar-refractivity contribution >= 4 is 5.97 Å².